The minimum absolute atomic E-state index is 0.0508. The number of nitrogens with zero attached hydrogens (tertiary/aromatic N) is 2. The van der Waals surface area contributed by atoms with Gasteiger partial charge in [0.25, 0.3) is 0 Å². The molecule has 1 aromatic heterocycles. The monoisotopic (exact) mass is 507 g/mol. The Morgan fingerprint density at radius 2 is 1.73 bits per heavy atom. The van der Waals surface area contributed by atoms with Gasteiger partial charge in [0.2, 0.25) is 15.9 Å². The fourth-order valence-corrected chi connectivity index (χ4v) is 4.46. The van der Waals surface area contributed by atoms with Gasteiger partial charge >= 0.3 is 0 Å². The molecule has 0 aliphatic carbocycles. The summed E-state index contributed by atoms with van der Waals surface area (Å²) in [6, 6.07) is 18.5. The molecule has 1 N–H and O–H groups in total. The standard InChI is InChI=1S/C21H19BrClN3O3S/c22-17-6-4-16(5-7-17)14-26(30(28,29)20-10-8-18(23)9-11-20)15-21(27)25-13-19-3-1-2-12-24-19/h1-12H,13-15H2,(H,25,27). The summed E-state index contributed by atoms with van der Waals surface area (Å²) in [7, 11) is -3.92. The van der Waals surface area contributed by atoms with Crippen LogP contribution in [0.2, 0.25) is 5.02 Å². The van der Waals surface area contributed by atoms with Gasteiger partial charge in [-0.05, 0) is 54.1 Å². The Morgan fingerprint density at radius 3 is 2.37 bits per heavy atom. The van der Waals surface area contributed by atoms with Crippen molar-refractivity contribution < 1.29 is 13.2 Å². The molecule has 0 spiro atoms. The van der Waals surface area contributed by atoms with Crippen LogP contribution in [0, 0.1) is 0 Å². The number of benzene rings is 2. The van der Waals surface area contributed by atoms with Gasteiger partial charge in [-0.3, -0.25) is 9.78 Å². The fourth-order valence-electron chi connectivity index (χ4n) is 2.68. The number of hydrogen-bond donors (Lipinski definition) is 1. The first-order valence-electron chi connectivity index (χ1n) is 9.01. The number of pyridine rings is 1. The third kappa shape index (κ3) is 6.12. The second-order valence-corrected chi connectivity index (χ2v) is 9.74. The minimum atomic E-state index is -3.92. The number of sulfonamides is 1. The highest BCUT2D eigenvalue weighted by Crippen LogP contribution is 2.21. The Labute approximate surface area is 189 Å². The molecule has 0 aliphatic rings. The molecule has 0 atom stereocenters. The molecule has 0 saturated heterocycles. The number of halogens is 2. The van der Waals surface area contributed by atoms with E-state index in [1.165, 1.54) is 24.3 Å². The number of nitrogens with one attached hydrogen (secondary N) is 1. The molecule has 1 heterocycles. The van der Waals surface area contributed by atoms with E-state index in [-0.39, 0.29) is 24.5 Å². The van der Waals surface area contributed by atoms with Gasteiger partial charge in [0, 0.05) is 22.2 Å². The number of aromatic nitrogens is 1. The lowest BCUT2D eigenvalue weighted by Crippen LogP contribution is -2.40. The van der Waals surface area contributed by atoms with Crippen LogP contribution in [0.25, 0.3) is 0 Å². The van der Waals surface area contributed by atoms with E-state index in [0.29, 0.717) is 10.7 Å². The third-order valence-corrected chi connectivity index (χ3v) is 6.82. The van der Waals surface area contributed by atoms with E-state index >= 15 is 0 Å². The summed E-state index contributed by atoms with van der Waals surface area (Å²) >= 11 is 9.25. The van der Waals surface area contributed by atoms with Crippen LogP contribution in [0.4, 0.5) is 0 Å². The maximum Gasteiger partial charge on any atom is 0.243 e. The first kappa shape index (κ1) is 22.4. The maximum atomic E-state index is 13.2. The predicted octanol–water partition coefficient (Wildman–Crippen LogP) is 4.00. The molecule has 9 heteroatoms. The Hall–Kier alpha value is -2.26. The van der Waals surface area contributed by atoms with Crippen LogP contribution < -0.4 is 5.32 Å². The lowest BCUT2D eigenvalue weighted by molar-refractivity contribution is -0.121. The second kappa shape index (κ2) is 10.2. The zero-order valence-corrected chi connectivity index (χ0v) is 19.0. The van der Waals surface area contributed by atoms with E-state index < -0.39 is 15.9 Å². The topological polar surface area (TPSA) is 79.4 Å². The van der Waals surface area contributed by atoms with Gasteiger partial charge in [-0.25, -0.2) is 8.42 Å². The molecule has 0 bridgehead atoms. The van der Waals surface area contributed by atoms with Crippen molar-refractivity contribution in [1.82, 2.24) is 14.6 Å². The molecule has 0 aliphatic heterocycles. The molecular weight excluding hydrogens is 490 g/mol. The largest absolute Gasteiger partial charge is 0.349 e. The van der Waals surface area contributed by atoms with Crippen molar-refractivity contribution in [3.8, 4) is 0 Å². The lowest BCUT2D eigenvalue weighted by Gasteiger charge is -2.22. The number of carbonyl (C=O) groups excluding carboxylic acids is 1. The zero-order valence-electron chi connectivity index (χ0n) is 15.8. The van der Waals surface area contributed by atoms with Crippen LogP contribution in [0.3, 0.4) is 0 Å². The molecule has 6 nitrogen and oxygen atoms in total. The van der Waals surface area contributed by atoms with Crippen LogP contribution in [-0.4, -0.2) is 30.2 Å². The van der Waals surface area contributed by atoms with Gasteiger partial charge < -0.3 is 5.32 Å². The van der Waals surface area contributed by atoms with Crippen molar-refractivity contribution in [2.45, 2.75) is 18.0 Å². The van der Waals surface area contributed by atoms with E-state index in [1.807, 2.05) is 18.2 Å². The Bertz CT molecular complexity index is 1090. The average Bonchev–Trinajstić information content (AvgIpc) is 2.74. The number of hydrogen-bond acceptors (Lipinski definition) is 4. The number of rotatable bonds is 8. The summed E-state index contributed by atoms with van der Waals surface area (Å²) < 4.78 is 28.4. The molecule has 2 aromatic carbocycles. The summed E-state index contributed by atoms with van der Waals surface area (Å²) in [6.07, 6.45) is 1.63. The van der Waals surface area contributed by atoms with E-state index in [0.717, 1.165) is 14.3 Å². The number of amides is 1. The van der Waals surface area contributed by atoms with E-state index in [1.54, 1.807) is 30.5 Å². The lowest BCUT2D eigenvalue weighted by atomic mass is 10.2. The molecule has 0 radical (unpaired) electrons. The van der Waals surface area contributed by atoms with Gasteiger partial charge in [0.15, 0.2) is 0 Å². The van der Waals surface area contributed by atoms with Crippen molar-refractivity contribution in [1.29, 1.82) is 0 Å². The Kier molecular flexibility index (Phi) is 7.60. The van der Waals surface area contributed by atoms with Crippen molar-refractivity contribution in [2.75, 3.05) is 6.54 Å². The molecule has 3 aromatic rings. The first-order valence-corrected chi connectivity index (χ1v) is 11.6. The predicted molar refractivity (Wildman–Crippen MR) is 119 cm³/mol. The molecule has 0 unspecified atom stereocenters. The van der Waals surface area contributed by atoms with Crippen molar-refractivity contribution in [3.63, 3.8) is 0 Å². The summed E-state index contributed by atoms with van der Waals surface area (Å²) in [5, 5.41) is 3.15. The Morgan fingerprint density at radius 1 is 1.03 bits per heavy atom. The van der Waals surface area contributed by atoms with E-state index in [4.69, 9.17) is 11.6 Å². The summed E-state index contributed by atoms with van der Waals surface area (Å²) in [4.78, 5) is 16.7. The van der Waals surface area contributed by atoms with Crippen molar-refractivity contribution >= 4 is 43.5 Å². The summed E-state index contributed by atoms with van der Waals surface area (Å²) in [5.41, 5.74) is 1.44. The molecule has 0 saturated carbocycles. The maximum absolute atomic E-state index is 13.2. The molecule has 156 valence electrons. The van der Waals surface area contributed by atoms with E-state index in [2.05, 4.69) is 26.2 Å². The molecular formula is C21H19BrClN3O3S. The van der Waals surface area contributed by atoms with Gasteiger partial charge in [0.05, 0.1) is 23.7 Å². The highest BCUT2D eigenvalue weighted by molar-refractivity contribution is 9.10. The molecule has 0 fully saturated rings. The van der Waals surface area contributed by atoms with Crippen molar-refractivity contribution in [3.05, 3.63) is 93.7 Å². The van der Waals surface area contributed by atoms with Crippen LogP contribution in [0.5, 0.6) is 0 Å². The van der Waals surface area contributed by atoms with Crippen LogP contribution >= 0.6 is 27.5 Å². The summed E-state index contributed by atoms with van der Waals surface area (Å²) in [6.45, 7) is -0.0596. The average molecular weight is 509 g/mol. The highest BCUT2D eigenvalue weighted by Gasteiger charge is 2.27. The van der Waals surface area contributed by atoms with Gasteiger partial charge in [0.1, 0.15) is 0 Å². The zero-order chi connectivity index (χ0) is 21.6. The smallest absolute Gasteiger partial charge is 0.243 e. The van der Waals surface area contributed by atoms with E-state index in [9.17, 15) is 13.2 Å². The Balaban J connectivity index is 1.80. The molecule has 1 amide bonds. The van der Waals surface area contributed by atoms with Crippen LogP contribution in [0.1, 0.15) is 11.3 Å². The molecule has 3 rings (SSSR count). The van der Waals surface area contributed by atoms with Gasteiger partial charge in [-0.2, -0.15) is 4.31 Å². The second-order valence-electron chi connectivity index (χ2n) is 6.45. The number of carbonyl (C=O) groups is 1. The minimum Gasteiger partial charge on any atom is -0.349 e. The quantitative estimate of drug-likeness (QED) is 0.499. The summed E-state index contributed by atoms with van der Waals surface area (Å²) in [5.74, 6) is -0.421. The first-order chi connectivity index (χ1) is 14.3. The normalized spacial score (nSPS) is 11.4. The van der Waals surface area contributed by atoms with Crippen molar-refractivity contribution in [2.24, 2.45) is 0 Å². The van der Waals surface area contributed by atoms with Gasteiger partial charge in [-0.1, -0.05) is 45.7 Å². The van der Waals surface area contributed by atoms with Crippen LogP contribution in [0.15, 0.2) is 82.3 Å². The fraction of sp³-hybridized carbons (Fsp3) is 0.143. The third-order valence-electron chi connectivity index (χ3n) is 4.24. The van der Waals surface area contributed by atoms with Gasteiger partial charge in [-0.15, -0.1) is 0 Å². The SMILES string of the molecule is O=C(CN(Cc1ccc(Br)cc1)S(=O)(=O)c1ccc(Cl)cc1)NCc1ccccn1. The highest BCUT2D eigenvalue weighted by atomic mass is 79.9. The van der Waals surface area contributed by atoms with Crippen LogP contribution in [-0.2, 0) is 27.9 Å². The molecule has 30 heavy (non-hydrogen) atoms.